The Labute approximate surface area is 190 Å². The largest absolute Gasteiger partial charge is 0.478 e. The van der Waals surface area contributed by atoms with Gasteiger partial charge in [-0.3, -0.25) is 10.1 Å². The molecule has 1 aromatic heterocycles. The summed E-state index contributed by atoms with van der Waals surface area (Å²) in [5.74, 6) is -0.728. The molecule has 10 nitrogen and oxygen atoms in total. The van der Waals surface area contributed by atoms with Gasteiger partial charge in [-0.25, -0.2) is 14.6 Å². The number of ether oxygens (including phenoxy) is 1. The molecule has 0 saturated heterocycles. The predicted octanol–water partition coefficient (Wildman–Crippen LogP) is 3.89. The van der Waals surface area contributed by atoms with Crippen LogP contribution in [0.5, 0.6) is 0 Å². The minimum atomic E-state index is -1.18. The maximum absolute atomic E-state index is 11.7. The fraction of sp³-hybridized carbons (Fsp3) is 0.261. The quantitative estimate of drug-likeness (QED) is 0.269. The van der Waals surface area contributed by atoms with Crippen molar-refractivity contribution in [1.29, 1.82) is 0 Å². The summed E-state index contributed by atoms with van der Waals surface area (Å²) in [5.41, 5.74) is 2.09. The van der Waals surface area contributed by atoms with E-state index < -0.39 is 16.9 Å². The zero-order valence-electron chi connectivity index (χ0n) is 18.3. The van der Waals surface area contributed by atoms with Crippen molar-refractivity contribution in [3.63, 3.8) is 0 Å². The van der Waals surface area contributed by atoms with Crippen LogP contribution >= 0.6 is 0 Å². The minimum Gasteiger partial charge on any atom is -0.478 e. The van der Waals surface area contributed by atoms with E-state index >= 15 is 0 Å². The summed E-state index contributed by atoms with van der Waals surface area (Å²) in [6.45, 7) is 2.76. The van der Waals surface area contributed by atoms with Crippen molar-refractivity contribution in [2.45, 2.75) is 32.9 Å². The van der Waals surface area contributed by atoms with Crippen molar-refractivity contribution < 1.29 is 24.4 Å². The average Bonchev–Trinajstić information content (AvgIpc) is 3.18. The predicted molar refractivity (Wildman–Crippen MR) is 120 cm³/mol. The number of methoxy groups -OCH3 is 1. The van der Waals surface area contributed by atoms with Gasteiger partial charge < -0.3 is 19.7 Å². The summed E-state index contributed by atoms with van der Waals surface area (Å²) in [6, 6.07) is 10.6. The van der Waals surface area contributed by atoms with Gasteiger partial charge in [-0.15, -0.1) is 0 Å². The molecular weight excluding hydrogens is 428 g/mol. The number of aromatic carboxylic acids is 1. The number of nitrogens with one attached hydrogen (secondary N) is 1. The highest BCUT2D eigenvalue weighted by molar-refractivity contribution is 5.94. The molecule has 3 rings (SSSR count). The van der Waals surface area contributed by atoms with E-state index in [2.05, 4.69) is 10.3 Å². The smallest absolute Gasteiger partial charge is 0.337 e. The molecule has 2 N–H and O–H groups in total. The average molecular weight is 452 g/mol. The van der Waals surface area contributed by atoms with Gasteiger partial charge in [0, 0.05) is 25.1 Å². The van der Waals surface area contributed by atoms with Crippen molar-refractivity contribution in [3.05, 3.63) is 87.0 Å². The number of aryl methyl sites for hydroxylation is 1. The maximum Gasteiger partial charge on any atom is 0.337 e. The third kappa shape index (κ3) is 5.53. The summed E-state index contributed by atoms with van der Waals surface area (Å²) in [6.07, 6.45) is 3.34. The number of nitro benzene ring substituents is 1. The lowest BCUT2D eigenvalue weighted by Gasteiger charge is -2.14. The zero-order valence-corrected chi connectivity index (χ0v) is 18.3. The maximum atomic E-state index is 11.7. The van der Waals surface area contributed by atoms with Crippen molar-refractivity contribution in [2.75, 3.05) is 12.4 Å². The number of carbonyl (C=O) groups is 2. The van der Waals surface area contributed by atoms with Gasteiger partial charge >= 0.3 is 11.9 Å². The van der Waals surface area contributed by atoms with Gasteiger partial charge in [0.1, 0.15) is 5.82 Å². The topological polar surface area (TPSA) is 137 Å². The monoisotopic (exact) mass is 452 g/mol. The molecule has 10 heteroatoms. The molecule has 0 saturated carbocycles. The first kappa shape index (κ1) is 23.5. The number of benzene rings is 2. The normalized spacial score (nSPS) is 10.6. The Morgan fingerprint density at radius 3 is 2.55 bits per heavy atom. The Morgan fingerprint density at radius 1 is 1.21 bits per heavy atom. The highest BCUT2D eigenvalue weighted by atomic mass is 16.6. The number of carboxylic acids is 1. The SMILES string of the molecule is CCCc1ncc(CNc2cc([N+](=O)[O-])ccc2C(=O)O)n1Cc1ccc(C(=O)OC)cc1. The lowest BCUT2D eigenvalue weighted by Crippen LogP contribution is -2.13. The van der Waals surface area contributed by atoms with E-state index in [4.69, 9.17) is 4.74 Å². The number of aromatic nitrogens is 2. The molecule has 2 aromatic carbocycles. The highest BCUT2D eigenvalue weighted by Crippen LogP contribution is 2.24. The van der Waals surface area contributed by atoms with Crippen molar-refractivity contribution in [2.24, 2.45) is 0 Å². The number of hydrogen-bond acceptors (Lipinski definition) is 7. The summed E-state index contributed by atoms with van der Waals surface area (Å²) < 4.78 is 6.74. The molecule has 1 heterocycles. The van der Waals surface area contributed by atoms with Crippen LogP contribution in [0.2, 0.25) is 0 Å². The van der Waals surface area contributed by atoms with Crippen LogP contribution in [0.25, 0.3) is 0 Å². The second-order valence-electron chi connectivity index (χ2n) is 7.34. The van der Waals surface area contributed by atoms with Crippen molar-refractivity contribution in [1.82, 2.24) is 9.55 Å². The fourth-order valence-electron chi connectivity index (χ4n) is 3.42. The molecule has 0 bridgehead atoms. The Balaban J connectivity index is 1.86. The summed E-state index contributed by atoms with van der Waals surface area (Å²) >= 11 is 0. The van der Waals surface area contributed by atoms with Gasteiger partial charge in [0.25, 0.3) is 5.69 Å². The number of carbonyl (C=O) groups excluding carboxylic acids is 1. The Kier molecular flexibility index (Phi) is 7.39. The minimum absolute atomic E-state index is 0.0566. The zero-order chi connectivity index (χ0) is 24.0. The van der Waals surface area contributed by atoms with E-state index in [-0.39, 0.29) is 23.5 Å². The molecule has 0 spiro atoms. The third-order valence-electron chi connectivity index (χ3n) is 5.11. The van der Waals surface area contributed by atoms with Crippen LogP contribution in [0, 0.1) is 10.1 Å². The summed E-state index contributed by atoms with van der Waals surface area (Å²) in [4.78, 5) is 38.3. The molecular formula is C23H24N4O6. The number of esters is 1. The van der Waals surface area contributed by atoms with E-state index in [9.17, 15) is 24.8 Å². The van der Waals surface area contributed by atoms with Crippen LogP contribution in [-0.4, -0.2) is 38.6 Å². The summed E-state index contributed by atoms with van der Waals surface area (Å²) in [5, 5.41) is 23.6. The van der Waals surface area contributed by atoms with Crippen LogP contribution in [0.4, 0.5) is 11.4 Å². The molecule has 0 fully saturated rings. The van der Waals surface area contributed by atoms with Gasteiger partial charge in [0.2, 0.25) is 0 Å². The lowest BCUT2D eigenvalue weighted by atomic mass is 10.1. The second kappa shape index (κ2) is 10.4. The van der Waals surface area contributed by atoms with Gasteiger partial charge in [-0.05, 0) is 30.2 Å². The van der Waals surface area contributed by atoms with Gasteiger partial charge in [-0.2, -0.15) is 0 Å². The molecule has 0 aliphatic heterocycles. The molecule has 0 aliphatic rings. The van der Waals surface area contributed by atoms with Crippen molar-refractivity contribution >= 4 is 23.3 Å². The molecule has 0 amide bonds. The molecule has 172 valence electrons. The standard InChI is InChI=1S/C23H24N4O6/c1-3-4-21-25-13-18(26(21)14-15-5-7-16(8-6-15)23(30)33-2)12-24-20-11-17(27(31)32)9-10-19(20)22(28)29/h5-11,13,24H,3-4,12,14H2,1-2H3,(H,28,29). The lowest BCUT2D eigenvalue weighted by molar-refractivity contribution is -0.384. The number of nitro groups is 1. The number of nitrogens with zero attached hydrogens (tertiary/aromatic N) is 3. The van der Waals surface area contributed by atoms with E-state index in [1.165, 1.54) is 19.2 Å². The first-order valence-electron chi connectivity index (χ1n) is 10.3. The number of carboxylic acid groups (broad SMARTS) is 1. The van der Waals surface area contributed by atoms with Crippen LogP contribution in [0.1, 0.15) is 51.1 Å². The Bertz CT molecular complexity index is 1170. The van der Waals surface area contributed by atoms with Gasteiger partial charge in [0.05, 0.1) is 47.3 Å². The van der Waals surface area contributed by atoms with E-state index in [0.29, 0.717) is 12.1 Å². The van der Waals surface area contributed by atoms with E-state index in [1.54, 1.807) is 18.3 Å². The van der Waals surface area contributed by atoms with Crippen LogP contribution in [0.15, 0.2) is 48.7 Å². The number of anilines is 1. The van der Waals surface area contributed by atoms with Gasteiger partial charge in [0.15, 0.2) is 0 Å². The van der Waals surface area contributed by atoms with E-state index in [1.807, 2.05) is 23.6 Å². The van der Waals surface area contributed by atoms with Crippen LogP contribution < -0.4 is 5.32 Å². The Hall–Kier alpha value is -4.21. The van der Waals surface area contributed by atoms with E-state index in [0.717, 1.165) is 36.0 Å². The van der Waals surface area contributed by atoms with Crippen LogP contribution in [0.3, 0.4) is 0 Å². The molecule has 33 heavy (non-hydrogen) atoms. The van der Waals surface area contributed by atoms with Crippen molar-refractivity contribution in [3.8, 4) is 0 Å². The molecule has 3 aromatic rings. The molecule has 0 aliphatic carbocycles. The number of rotatable bonds is 10. The third-order valence-corrected chi connectivity index (χ3v) is 5.11. The fourth-order valence-corrected chi connectivity index (χ4v) is 3.42. The number of non-ortho nitro benzene ring substituents is 1. The molecule has 0 radical (unpaired) electrons. The van der Waals surface area contributed by atoms with Gasteiger partial charge in [-0.1, -0.05) is 19.1 Å². The van der Waals surface area contributed by atoms with Crippen LogP contribution in [-0.2, 0) is 24.2 Å². The molecule has 0 unspecified atom stereocenters. The number of imidazole rings is 1. The Morgan fingerprint density at radius 2 is 1.94 bits per heavy atom. The number of hydrogen-bond donors (Lipinski definition) is 2. The highest BCUT2D eigenvalue weighted by Gasteiger charge is 2.17. The first-order valence-corrected chi connectivity index (χ1v) is 10.3. The molecule has 0 atom stereocenters. The second-order valence-corrected chi connectivity index (χ2v) is 7.34. The summed E-state index contributed by atoms with van der Waals surface area (Å²) in [7, 11) is 1.33. The first-order chi connectivity index (χ1) is 15.8.